The number of hydrogen-bond acceptors (Lipinski definition) is 9. The van der Waals surface area contributed by atoms with E-state index in [0.29, 0.717) is 10.9 Å². The Labute approximate surface area is 197 Å². The van der Waals surface area contributed by atoms with E-state index in [-0.39, 0.29) is 41.8 Å². The minimum absolute atomic E-state index is 0.0111. The van der Waals surface area contributed by atoms with Crippen LogP contribution in [0.15, 0.2) is 24.3 Å². The standard InChI is InChI=1S/C23H32N4O5S/c1-13(2)23(31)32-18-9-5-15(6-10-18)14-3-7-16(8-4-14)26-22-19(21(30)27-33-22)20(24)25-11-17(29)12-28/h3-4,7-8,13,15,17-18,26,28-29H,5-6,9-12H2,1-2H3,(H2,24,25)(H,27,30)/t15-,17?,18-. The first-order valence-corrected chi connectivity index (χ1v) is 11.9. The van der Waals surface area contributed by atoms with E-state index in [1.807, 2.05) is 26.0 Å². The maximum Gasteiger partial charge on any atom is 0.308 e. The quantitative estimate of drug-likeness (QED) is 0.184. The molecule has 0 spiro atoms. The molecule has 0 bridgehead atoms. The first-order valence-electron chi connectivity index (χ1n) is 11.2. The summed E-state index contributed by atoms with van der Waals surface area (Å²) in [6, 6.07) is 8.03. The summed E-state index contributed by atoms with van der Waals surface area (Å²) in [4.78, 5) is 11.8. The third-order valence-corrected chi connectivity index (χ3v) is 6.47. The third-order valence-electron chi connectivity index (χ3n) is 5.72. The van der Waals surface area contributed by atoms with Crippen LogP contribution in [-0.2, 0) is 9.53 Å². The molecule has 180 valence electrons. The number of ether oxygens (including phenoxy) is 1. The number of aliphatic hydroxyl groups excluding tert-OH is 2. The van der Waals surface area contributed by atoms with E-state index in [1.54, 1.807) is 0 Å². The van der Waals surface area contributed by atoms with Gasteiger partial charge in [0, 0.05) is 12.2 Å². The second-order valence-corrected chi connectivity index (χ2v) is 9.39. The summed E-state index contributed by atoms with van der Waals surface area (Å²) in [5.74, 6) is -0.176. The number of anilines is 2. The van der Waals surface area contributed by atoms with Crippen LogP contribution >= 0.6 is 11.5 Å². The maximum absolute atomic E-state index is 11.8. The van der Waals surface area contributed by atoms with Crippen LogP contribution in [0.5, 0.6) is 5.88 Å². The molecule has 1 aliphatic rings. The van der Waals surface area contributed by atoms with Crippen LogP contribution in [0.4, 0.5) is 10.7 Å². The molecular formula is C23H32N4O5S. The fourth-order valence-electron chi connectivity index (χ4n) is 3.75. The van der Waals surface area contributed by atoms with E-state index >= 15 is 0 Å². The van der Waals surface area contributed by atoms with Crippen LogP contribution in [0, 0.1) is 11.3 Å². The Balaban J connectivity index is 1.58. The zero-order valence-corrected chi connectivity index (χ0v) is 19.7. The number of esters is 1. The molecule has 3 rings (SSSR count). The van der Waals surface area contributed by atoms with Gasteiger partial charge >= 0.3 is 5.97 Å². The predicted molar refractivity (Wildman–Crippen MR) is 127 cm³/mol. The SMILES string of the molecule is CC(C)C(=O)O[C@H]1CC[C@H](c2ccc(Nc3snc(O)c3C(=N)NCC(O)CO)cc2)CC1. The first-order chi connectivity index (χ1) is 15.8. The summed E-state index contributed by atoms with van der Waals surface area (Å²) in [5.41, 5.74) is 2.24. The maximum atomic E-state index is 11.8. The van der Waals surface area contributed by atoms with Gasteiger partial charge in [0.1, 0.15) is 22.5 Å². The van der Waals surface area contributed by atoms with Gasteiger partial charge in [-0.1, -0.05) is 26.0 Å². The van der Waals surface area contributed by atoms with Crippen LogP contribution in [0.1, 0.15) is 56.6 Å². The van der Waals surface area contributed by atoms with Gasteiger partial charge in [0.15, 0.2) is 0 Å². The highest BCUT2D eigenvalue weighted by molar-refractivity contribution is 7.11. The van der Waals surface area contributed by atoms with Gasteiger partial charge < -0.3 is 30.7 Å². The van der Waals surface area contributed by atoms with Crippen LogP contribution in [0.3, 0.4) is 0 Å². The van der Waals surface area contributed by atoms with E-state index in [1.165, 1.54) is 5.56 Å². The Morgan fingerprint density at radius 1 is 1.24 bits per heavy atom. The molecule has 1 atom stereocenters. The second kappa shape index (κ2) is 11.4. The highest BCUT2D eigenvalue weighted by Crippen LogP contribution is 2.36. The average molecular weight is 477 g/mol. The smallest absolute Gasteiger partial charge is 0.308 e. The Hall–Kier alpha value is -2.69. The molecule has 1 aromatic heterocycles. The monoisotopic (exact) mass is 476 g/mol. The van der Waals surface area contributed by atoms with E-state index < -0.39 is 12.7 Å². The number of benzene rings is 1. The van der Waals surface area contributed by atoms with Gasteiger partial charge in [-0.25, -0.2) is 0 Å². The van der Waals surface area contributed by atoms with Crippen molar-refractivity contribution in [2.45, 2.75) is 57.7 Å². The summed E-state index contributed by atoms with van der Waals surface area (Å²) >= 11 is 1.03. The molecule has 6 N–H and O–H groups in total. The minimum Gasteiger partial charge on any atom is -0.492 e. The van der Waals surface area contributed by atoms with E-state index in [4.69, 9.17) is 15.3 Å². The zero-order chi connectivity index (χ0) is 24.0. The Bertz CT molecular complexity index is 939. The molecule has 10 heteroatoms. The number of hydrogen-bond donors (Lipinski definition) is 6. The summed E-state index contributed by atoms with van der Waals surface area (Å²) < 4.78 is 9.49. The van der Waals surface area contributed by atoms with E-state index in [9.17, 15) is 15.0 Å². The molecule has 1 aromatic carbocycles. The van der Waals surface area contributed by atoms with Gasteiger partial charge in [0.2, 0.25) is 5.88 Å². The summed E-state index contributed by atoms with van der Waals surface area (Å²) in [6.07, 6.45) is 2.69. The average Bonchev–Trinajstić information content (AvgIpc) is 3.18. The number of aromatic nitrogens is 1. The molecule has 2 aromatic rings. The molecule has 33 heavy (non-hydrogen) atoms. The number of rotatable bonds is 9. The molecule has 1 saturated carbocycles. The van der Waals surface area contributed by atoms with Crippen molar-refractivity contribution in [3.05, 3.63) is 35.4 Å². The Kier molecular flexibility index (Phi) is 8.65. The number of aromatic hydroxyl groups is 1. The molecule has 1 aliphatic carbocycles. The summed E-state index contributed by atoms with van der Waals surface area (Å²) in [6.45, 7) is 3.26. The van der Waals surface area contributed by atoms with Crippen molar-refractivity contribution < 1.29 is 24.9 Å². The normalized spacial score (nSPS) is 19.2. The van der Waals surface area contributed by atoms with Gasteiger partial charge in [-0.15, -0.1) is 0 Å². The Morgan fingerprint density at radius 3 is 2.52 bits per heavy atom. The van der Waals surface area contributed by atoms with Crippen LogP contribution in [0.2, 0.25) is 0 Å². The number of nitrogens with one attached hydrogen (secondary N) is 3. The molecule has 9 nitrogen and oxygen atoms in total. The van der Waals surface area contributed by atoms with Crippen molar-refractivity contribution in [3.63, 3.8) is 0 Å². The van der Waals surface area contributed by atoms with E-state index in [2.05, 4.69) is 27.1 Å². The largest absolute Gasteiger partial charge is 0.492 e. The lowest BCUT2D eigenvalue weighted by Gasteiger charge is -2.29. The number of aliphatic hydroxyl groups is 2. The zero-order valence-electron chi connectivity index (χ0n) is 18.9. The highest BCUT2D eigenvalue weighted by atomic mass is 32.1. The van der Waals surface area contributed by atoms with Crippen molar-refractivity contribution in [2.75, 3.05) is 18.5 Å². The van der Waals surface area contributed by atoms with Gasteiger partial charge in [0.05, 0.1) is 18.6 Å². The topological polar surface area (TPSA) is 148 Å². The number of amidine groups is 1. The summed E-state index contributed by atoms with van der Waals surface area (Å²) in [5, 5.41) is 43.0. The van der Waals surface area contributed by atoms with Gasteiger partial charge in [0.25, 0.3) is 0 Å². The van der Waals surface area contributed by atoms with Gasteiger partial charge in [-0.2, -0.15) is 4.37 Å². The molecule has 0 aliphatic heterocycles. The minimum atomic E-state index is -1.000. The lowest BCUT2D eigenvalue weighted by atomic mass is 9.82. The molecule has 1 heterocycles. The van der Waals surface area contributed by atoms with Crippen molar-refractivity contribution in [1.29, 1.82) is 5.41 Å². The number of nitrogens with zero attached hydrogens (tertiary/aromatic N) is 1. The summed E-state index contributed by atoms with van der Waals surface area (Å²) in [7, 11) is 0. The third kappa shape index (κ3) is 6.66. The second-order valence-electron chi connectivity index (χ2n) is 8.61. The van der Waals surface area contributed by atoms with Crippen molar-refractivity contribution >= 4 is 34.0 Å². The number of carbonyl (C=O) groups excluding carboxylic acids is 1. The molecule has 0 radical (unpaired) electrons. The van der Waals surface area contributed by atoms with Gasteiger partial charge in [-0.05, 0) is 60.8 Å². The number of carbonyl (C=O) groups is 1. The fraction of sp³-hybridized carbons (Fsp3) is 0.522. The fourth-order valence-corrected chi connectivity index (χ4v) is 4.47. The van der Waals surface area contributed by atoms with Crippen LogP contribution in [0.25, 0.3) is 0 Å². The predicted octanol–water partition coefficient (Wildman–Crippen LogP) is 3.09. The molecule has 0 saturated heterocycles. The van der Waals surface area contributed by atoms with Crippen LogP contribution in [-0.4, -0.2) is 56.9 Å². The van der Waals surface area contributed by atoms with E-state index in [0.717, 1.165) is 42.9 Å². The molecule has 0 amide bonds. The molecule has 1 fully saturated rings. The van der Waals surface area contributed by atoms with Crippen LogP contribution < -0.4 is 10.6 Å². The Morgan fingerprint density at radius 2 is 1.91 bits per heavy atom. The lowest BCUT2D eigenvalue weighted by Crippen LogP contribution is -2.34. The molecular weight excluding hydrogens is 444 g/mol. The lowest BCUT2D eigenvalue weighted by molar-refractivity contribution is -0.154. The van der Waals surface area contributed by atoms with Gasteiger partial charge in [-0.3, -0.25) is 10.2 Å². The van der Waals surface area contributed by atoms with Crippen molar-refractivity contribution in [1.82, 2.24) is 9.69 Å². The van der Waals surface area contributed by atoms with Crippen molar-refractivity contribution in [2.24, 2.45) is 5.92 Å². The molecule has 1 unspecified atom stereocenters. The first kappa shape index (κ1) is 24.9. The van der Waals surface area contributed by atoms with Crippen molar-refractivity contribution in [3.8, 4) is 5.88 Å². The highest BCUT2D eigenvalue weighted by Gasteiger charge is 2.26.